The maximum absolute atomic E-state index is 12.3. The molecule has 3 unspecified atom stereocenters. The number of aliphatic hydroxyl groups is 1. The lowest BCUT2D eigenvalue weighted by molar-refractivity contribution is -0.147. The normalized spacial score (nSPS) is 14.4. The van der Waals surface area contributed by atoms with Crippen molar-refractivity contribution in [1.82, 2.24) is 5.32 Å². The molecule has 1 amide bonds. The van der Waals surface area contributed by atoms with Crippen LogP contribution in [-0.4, -0.2) is 64.9 Å². The Balaban J connectivity index is 3.94. The number of ether oxygens (including phenoxy) is 1. The SMILES string of the molecule is CC/C=C\C/C=C\C/C=C\C/C=C\C/C=C\C/C=C\CCCCCCC(=O)OCC(O)COP(=O)(O)OCC(NC(=O)CCCCCCC/C=C\CCCCCCCC)C(=O)O. The molecule has 3 atom stereocenters. The highest BCUT2D eigenvalue weighted by atomic mass is 31.2. The van der Waals surface area contributed by atoms with E-state index in [2.05, 4.69) is 104 Å². The van der Waals surface area contributed by atoms with Crippen molar-refractivity contribution >= 4 is 25.7 Å². The molecule has 0 bridgehead atoms. The van der Waals surface area contributed by atoms with Crippen molar-refractivity contribution in [1.29, 1.82) is 0 Å². The summed E-state index contributed by atoms with van der Waals surface area (Å²) in [6.45, 7) is 2.43. The largest absolute Gasteiger partial charge is 0.480 e. The van der Waals surface area contributed by atoms with Gasteiger partial charge in [-0.25, -0.2) is 9.36 Å². The van der Waals surface area contributed by atoms with Gasteiger partial charge in [0.25, 0.3) is 0 Å². The van der Waals surface area contributed by atoms with E-state index in [1.54, 1.807) is 0 Å². The molecule has 0 rings (SSSR count). The van der Waals surface area contributed by atoms with E-state index in [1.807, 2.05) is 0 Å². The number of carboxylic acid groups (broad SMARTS) is 1. The number of phosphoric acid groups is 1. The van der Waals surface area contributed by atoms with E-state index < -0.39 is 57.6 Å². The number of amides is 1. The molecule has 4 N–H and O–H groups in total. The minimum atomic E-state index is -4.77. The second kappa shape index (κ2) is 44.3. The fourth-order valence-corrected chi connectivity index (χ4v) is 6.79. The van der Waals surface area contributed by atoms with Crippen LogP contribution < -0.4 is 5.32 Å². The fraction of sp³-hybridized carbons (Fsp3) is 0.660. The number of carbonyl (C=O) groups is 3. The lowest BCUT2D eigenvalue weighted by Crippen LogP contribution is -2.43. The molecule has 0 spiro atoms. The molecule has 0 aromatic heterocycles. The molecule has 0 heterocycles. The van der Waals surface area contributed by atoms with Gasteiger partial charge < -0.3 is 25.2 Å². The third kappa shape index (κ3) is 43.3. The van der Waals surface area contributed by atoms with E-state index in [1.165, 1.54) is 38.5 Å². The van der Waals surface area contributed by atoms with Crippen molar-refractivity contribution in [2.45, 2.75) is 193 Å². The van der Waals surface area contributed by atoms with E-state index in [0.29, 0.717) is 12.8 Å². The summed E-state index contributed by atoms with van der Waals surface area (Å²) in [7, 11) is -4.77. The van der Waals surface area contributed by atoms with E-state index in [9.17, 15) is 34.1 Å². The molecular formula is C50H84NO10P. The first-order chi connectivity index (χ1) is 30.1. The maximum atomic E-state index is 12.3. The average molecular weight is 890 g/mol. The Morgan fingerprint density at radius 3 is 1.42 bits per heavy atom. The molecule has 0 aromatic carbocycles. The molecule has 354 valence electrons. The molecule has 62 heavy (non-hydrogen) atoms. The number of carboxylic acids is 1. The lowest BCUT2D eigenvalue weighted by atomic mass is 10.1. The minimum Gasteiger partial charge on any atom is -0.480 e. The number of unbranched alkanes of at least 4 members (excludes halogenated alkanes) is 15. The monoisotopic (exact) mass is 890 g/mol. The molecule has 0 aliphatic carbocycles. The zero-order chi connectivity index (χ0) is 45.6. The Morgan fingerprint density at radius 1 is 0.532 bits per heavy atom. The van der Waals surface area contributed by atoms with Crippen LogP contribution in [0.2, 0.25) is 0 Å². The van der Waals surface area contributed by atoms with Gasteiger partial charge in [-0.1, -0.05) is 163 Å². The van der Waals surface area contributed by atoms with Crippen LogP contribution in [0.3, 0.4) is 0 Å². The van der Waals surface area contributed by atoms with Gasteiger partial charge in [0, 0.05) is 12.8 Å². The Morgan fingerprint density at radius 2 is 0.935 bits per heavy atom. The Kier molecular flexibility index (Phi) is 41.9. The second-order valence-electron chi connectivity index (χ2n) is 15.6. The Hall–Kier alpha value is -3.34. The zero-order valence-electron chi connectivity index (χ0n) is 38.4. The summed E-state index contributed by atoms with van der Waals surface area (Å²) in [4.78, 5) is 46.0. The van der Waals surface area contributed by atoms with Crippen LogP contribution in [0.1, 0.15) is 181 Å². The van der Waals surface area contributed by atoms with Crippen LogP contribution >= 0.6 is 7.82 Å². The third-order valence-electron chi connectivity index (χ3n) is 9.67. The number of nitrogens with one attached hydrogen (secondary N) is 1. The summed E-state index contributed by atoms with van der Waals surface area (Å²) in [5, 5.41) is 21.9. The minimum absolute atomic E-state index is 0.130. The molecule has 0 aliphatic heterocycles. The first kappa shape index (κ1) is 58.7. The van der Waals surface area contributed by atoms with Gasteiger partial charge in [-0.3, -0.25) is 18.6 Å². The summed E-state index contributed by atoms with van der Waals surface area (Å²) < 4.78 is 26.9. The molecule has 0 fully saturated rings. The highest BCUT2D eigenvalue weighted by Gasteiger charge is 2.28. The van der Waals surface area contributed by atoms with Crippen LogP contribution in [0, 0.1) is 0 Å². The van der Waals surface area contributed by atoms with Crippen molar-refractivity contribution in [3.63, 3.8) is 0 Å². The van der Waals surface area contributed by atoms with Crippen molar-refractivity contribution in [2.75, 3.05) is 19.8 Å². The summed E-state index contributed by atoms with van der Waals surface area (Å²) in [6.07, 6.45) is 54.6. The van der Waals surface area contributed by atoms with Crippen molar-refractivity contribution in [2.24, 2.45) is 0 Å². The number of aliphatic carboxylic acids is 1. The van der Waals surface area contributed by atoms with E-state index >= 15 is 0 Å². The number of esters is 1. The topological polar surface area (TPSA) is 169 Å². The molecular weight excluding hydrogens is 806 g/mol. The standard InChI is InChI=1S/C50H84NO10P/c1-3-5-7-9-11-13-15-17-19-20-21-22-23-24-25-26-28-30-32-34-36-38-40-42-49(54)59-43-46(52)44-60-62(57,58)61-45-47(50(55)56)51-48(53)41-39-37-35-33-31-29-27-18-16-14-12-10-8-6-4-2/h5,7,11,13,17-19,21-22,24-25,27-28,30,46-47,52H,3-4,6,8-10,12,14-16,20,23,26,29,31-45H2,1-2H3,(H,51,53)(H,55,56)(H,57,58)/b7-5-,13-11-,19-17-,22-21-,25-24-,27-18-,30-28-. The predicted molar refractivity (Wildman–Crippen MR) is 254 cm³/mol. The van der Waals surface area contributed by atoms with Crippen molar-refractivity contribution < 1.29 is 47.8 Å². The first-order valence-electron chi connectivity index (χ1n) is 23.6. The number of rotatable bonds is 43. The van der Waals surface area contributed by atoms with Crippen LogP contribution in [0.25, 0.3) is 0 Å². The highest BCUT2D eigenvalue weighted by molar-refractivity contribution is 7.47. The fourth-order valence-electron chi connectivity index (χ4n) is 6.02. The molecule has 0 saturated carbocycles. The van der Waals surface area contributed by atoms with Crippen LogP contribution in [0.4, 0.5) is 0 Å². The summed E-state index contributed by atoms with van der Waals surface area (Å²) in [6, 6.07) is -1.56. The zero-order valence-corrected chi connectivity index (χ0v) is 39.3. The number of allylic oxidation sites excluding steroid dienone is 14. The number of phosphoric ester groups is 1. The molecule has 0 radical (unpaired) electrons. The number of carbonyl (C=O) groups excluding carboxylic acids is 2. The van der Waals surface area contributed by atoms with Crippen molar-refractivity contribution in [3.05, 3.63) is 85.1 Å². The number of hydrogen-bond donors (Lipinski definition) is 4. The van der Waals surface area contributed by atoms with Gasteiger partial charge in [-0.05, 0) is 89.9 Å². The van der Waals surface area contributed by atoms with E-state index in [4.69, 9.17) is 13.8 Å². The van der Waals surface area contributed by atoms with Gasteiger partial charge in [0.15, 0.2) is 6.04 Å². The summed E-state index contributed by atoms with van der Waals surface area (Å²) >= 11 is 0. The van der Waals surface area contributed by atoms with Crippen LogP contribution in [-0.2, 0) is 32.7 Å². The van der Waals surface area contributed by atoms with E-state index in [0.717, 1.165) is 103 Å². The van der Waals surface area contributed by atoms with Gasteiger partial charge >= 0.3 is 19.8 Å². The Bertz CT molecular complexity index is 1370. The summed E-state index contributed by atoms with van der Waals surface area (Å²) in [5.74, 6) is -2.42. The second-order valence-corrected chi connectivity index (χ2v) is 17.0. The van der Waals surface area contributed by atoms with Gasteiger partial charge in [-0.15, -0.1) is 0 Å². The molecule has 0 aromatic rings. The number of hydrogen-bond acceptors (Lipinski definition) is 8. The highest BCUT2D eigenvalue weighted by Crippen LogP contribution is 2.43. The van der Waals surface area contributed by atoms with Gasteiger partial charge in [0.05, 0.1) is 13.2 Å². The smallest absolute Gasteiger partial charge is 0.472 e. The summed E-state index contributed by atoms with van der Waals surface area (Å²) in [5.41, 5.74) is 0. The molecule has 11 nitrogen and oxygen atoms in total. The molecule has 0 aliphatic rings. The third-order valence-corrected chi connectivity index (χ3v) is 10.6. The molecule has 12 heteroatoms. The van der Waals surface area contributed by atoms with Gasteiger partial charge in [0.1, 0.15) is 12.7 Å². The van der Waals surface area contributed by atoms with Crippen LogP contribution in [0.15, 0.2) is 85.1 Å². The van der Waals surface area contributed by atoms with Gasteiger partial charge in [0.2, 0.25) is 5.91 Å². The number of aliphatic hydroxyl groups excluding tert-OH is 1. The Labute approximate surface area is 375 Å². The van der Waals surface area contributed by atoms with Crippen molar-refractivity contribution in [3.8, 4) is 0 Å². The van der Waals surface area contributed by atoms with Gasteiger partial charge in [-0.2, -0.15) is 0 Å². The van der Waals surface area contributed by atoms with E-state index in [-0.39, 0.29) is 12.8 Å². The quantitative estimate of drug-likeness (QED) is 0.0200. The van der Waals surface area contributed by atoms with Crippen LogP contribution in [0.5, 0.6) is 0 Å². The molecule has 0 saturated heterocycles. The maximum Gasteiger partial charge on any atom is 0.472 e. The predicted octanol–water partition coefficient (Wildman–Crippen LogP) is 12.7. The lowest BCUT2D eigenvalue weighted by Gasteiger charge is -2.18. The average Bonchev–Trinajstić information content (AvgIpc) is 3.25. The first-order valence-corrected chi connectivity index (χ1v) is 25.1.